The van der Waals surface area contributed by atoms with Crippen LogP contribution in [0.1, 0.15) is 67.2 Å². The molecule has 4 heteroatoms. The molecule has 2 unspecified atom stereocenters. The van der Waals surface area contributed by atoms with Crippen molar-refractivity contribution >= 4 is 11.9 Å². The summed E-state index contributed by atoms with van der Waals surface area (Å²) in [4.78, 5) is 24.2. The molecule has 0 amide bonds. The standard InChI is InChI=1S/C22H36O4/c1-15(21(2,3)4)10-9-13-22(5,6)16-11-12-17(19(23)25-7)18(14-16)20(24)26-8/h10-11,17-18H,9,12-14H2,1-8H3/b15-10+. The van der Waals surface area contributed by atoms with E-state index in [1.807, 2.05) is 0 Å². The number of carbonyl (C=O) groups is 2. The Morgan fingerprint density at radius 3 is 2.12 bits per heavy atom. The summed E-state index contributed by atoms with van der Waals surface area (Å²) in [5, 5.41) is 0. The molecular weight excluding hydrogens is 328 g/mol. The molecule has 0 aromatic heterocycles. The van der Waals surface area contributed by atoms with Gasteiger partial charge in [-0.15, -0.1) is 0 Å². The summed E-state index contributed by atoms with van der Waals surface area (Å²) in [5.41, 5.74) is 2.79. The molecule has 2 atom stereocenters. The molecule has 0 aromatic rings. The summed E-state index contributed by atoms with van der Waals surface area (Å²) in [5.74, 6) is -1.57. The van der Waals surface area contributed by atoms with Gasteiger partial charge >= 0.3 is 11.9 Å². The molecule has 0 spiro atoms. The number of allylic oxidation sites excluding steroid dienone is 4. The number of hydrogen-bond donors (Lipinski definition) is 0. The van der Waals surface area contributed by atoms with Crippen molar-refractivity contribution in [2.45, 2.75) is 67.2 Å². The molecule has 0 fully saturated rings. The molecule has 0 aliphatic heterocycles. The molecule has 148 valence electrons. The van der Waals surface area contributed by atoms with Crippen molar-refractivity contribution in [2.75, 3.05) is 14.2 Å². The number of methoxy groups -OCH3 is 2. The van der Waals surface area contributed by atoms with E-state index in [0.717, 1.165) is 12.8 Å². The molecule has 1 rings (SSSR count). The van der Waals surface area contributed by atoms with Crippen LogP contribution in [-0.2, 0) is 19.1 Å². The lowest BCUT2D eigenvalue weighted by Crippen LogP contribution is -2.36. The highest BCUT2D eigenvalue weighted by atomic mass is 16.5. The predicted octanol–water partition coefficient (Wildman–Crippen LogP) is 5.08. The second kappa shape index (κ2) is 8.88. The van der Waals surface area contributed by atoms with E-state index in [1.165, 1.54) is 25.4 Å². The van der Waals surface area contributed by atoms with Crippen LogP contribution < -0.4 is 0 Å². The minimum absolute atomic E-state index is 0.0258. The number of ether oxygens (including phenoxy) is 2. The van der Waals surface area contributed by atoms with Crippen LogP contribution in [0.2, 0.25) is 0 Å². The number of esters is 2. The highest BCUT2D eigenvalue weighted by Crippen LogP contribution is 2.42. The van der Waals surface area contributed by atoms with E-state index in [1.54, 1.807) is 0 Å². The van der Waals surface area contributed by atoms with E-state index in [4.69, 9.17) is 9.47 Å². The Bertz CT molecular complexity index is 575. The van der Waals surface area contributed by atoms with E-state index in [9.17, 15) is 9.59 Å². The van der Waals surface area contributed by atoms with E-state index in [-0.39, 0.29) is 22.8 Å². The Labute approximate surface area is 159 Å². The van der Waals surface area contributed by atoms with Crippen molar-refractivity contribution < 1.29 is 19.1 Å². The van der Waals surface area contributed by atoms with Gasteiger partial charge in [0.25, 0.3) is 0 Å². The molecule has 1 aliphatic carbocycles. The van der Waals surface area contributed by atoms with Gasteiger partial charge in [-0.2, -0.15) is 0 Å². The number of hydrogen-bond acceptors (Lipinski definition) is 4. The van der Waals surface area contributed by atoms with Gasteiger partial charge in [0.05, 0.1) is 26.1 Å². The third-order valence-corrected chi connectivity index (χ3v) is 5.82. The average Bonchev–Trinajstić information content (AvgIpc) is 2.58. The van der Waals surface area contributed by atoms with Crippen LogP contribution in [0.4, 0.5) is 0 Å². The zero-order chi connectivity index (χ0) is 20.1. The van der Waals surface area contributed by atoms with Gasteiger partial charge in [0.1, 0.15) is 0 Å². The van der Waals surface area contributed by atoms with E-state index < -0.39 is 11.8 Å². The van der Waals surface area contributed by atoms with Crippen molar-refractivity contribution in [1.82, 2.24) is 0 Å². The molecule has 0 radical (unpaired) electrons. The van der Waals surface area contributed by atoms with Crippen LogP contribution in [0.5, 0.6) is 0 Å². The molecule has 4 nitrogen and oxygen atoms in total. The van der Waals surface area contributed by atoms with E-state index in [0.29, 0.717) is 12.8 Å². The number of carbonyl (C=O) groups excluding carboxylic acids is 2. The smallest absolute Gasteiger partial charge is 0.309 e. The van der Waals surface area contributed by atoms with Gasteiger partial charge in [0.2, 0.25) is 0 Å². The first-order valence-corrected chi connectivity index (χ1v) is 9.46. The molecule has 0 saturated carbocycles. The Kier molecular flexibility index (Phi) is 7.67. The molecule has 0 N–H and O–H groups in total. The fourth-order valence-corrected chi connectivity index (χ4v) is 3.38. The van der Waals surface area contributed by atoms with Gasteiger partial charge in [0, 0.05) is 0 Å². The topological polar surface area (TPSA) is 52.6 Å². The Morgan fingerprint density at radius 2 is 1.62 bits per heavy atom. The summed E-state index contributed by atoms with van der Waals surface area (Å²) in [6.07, 6.45) is 7.53. The first kappa shape index (κ1) is 22.5. The molecule has 0 saturated heterocycles. The maximum absolute atomic E-state index is 12.2. The first-order valence-electron chi connectivity index (χ1n) is 9.46. The van der Waals surface area contributed by atoms with Crippen LogP contribution in [0.25, 0.3) is 0 Å². The molecule has 0 bridgehead atoms. The van der Waals surface area contributed by atoms with Crippen LogP contribution in [-0.4, -0.2) is 26.2 Å². The summed E-state index contributed by atoms with van der Waals surface area (Å²) in [6.45, 7) is 13.3. The molecule has 0 heterocycles. The quantitative estimate of drug-likeness (QED) is 0.487. The third-order valence-electron chi connectivity index (χ3n) is 5.82. The van der Waals surface area contributed by atoms with Crippen molar-refractivity contribution in [3.05, 3.63) is 23.3 Å². The molecular formula is C22H36O4. The van der Waals surface area contributed by atoms with Crippen LogP contribution in [0.3, 0.4) is 0 Å². The zero-order valence-corrected chi connectivity index (χ0v) is 17.8. The van der Waals surface area contributed by atoms with Gasteiger partial charge in [0.15, 0.2) is 0 Å². The van der Waals surface area contributed by atoms with Crippen molar-refractivity contribution in [1.29, 1.82) is 0 Å². The summed E-state index contributed by atoms with van der Waals surface area (Å²) in [7, 11) is 2.74. The van der Waals surface area contributed by atoms with Crippen LogP contribution >= 0.6 is 0 Å². The fraction of sp³-hybridized carbons (Fsp3) is 0.727. The highest BCUT2D eigenvalue weighted by molar-refractivity contribution is 5.82. The highest BCUT2D eigenvalue weighted by Gasteiger charge is 2.40. The van der Waals surface area contributed by atoms with Crippen molar-refractivity contribution in [3.63, 3.8) is 0 Å². The minimum atomic E-state index is -0.460. The van der Waals surface area contributed by atoms with Gasteiger partial charge in [-0.25, -0.2) is 0 Å². The monoisotopic (exact) mass is 364 g/mol. The average molecular weight is 365 g/mol. The normalized spacial score (nSPS) is 21.8. The predicted molar refractivity (Wildman–Crippen MR) is 105 cm³/mol. The molecule has 26 heavy (non-hydrogen) atoms. The fourth-order valence-electron chi connectivity index (χ4n) is 3.38. The lowest BCUT2D eigenvalue weighted by molar-refractivity contribution is -0.158. The van der Waals surface area contributed by atoms with Gasteiger partial charge < -0.3 is 9.47 Å². The summed E-state index contributed by atoms with van der Waals surface area (Å²) < 4.78 is 9.82. The second-order valence-corrected chi connectivity index (χ2v) is 8.99. The van der Waals surface area contributed by atoms with Crippen LogP contribution in [0.15, 0.2) is 23.3 Å². The Hall–Kier alpha value is -1.58. The first-order chi connectivity index (χ1) is 11.9. The summed E-state index contributed by atoms with van der Waals surface area (Å²) in [6, 6.07) is 0. The van der Waals surface area contributed by atoms with Gasteiger partial charge in [-0.05, 0) is 43.4 Å². The lowest BCUT2D eigenvalue weighted by atomic mass is 9.69. The van der Waals surface area contributed by atoms with E-state index >= 15 is 0 Å². The Morgan fingerprint density at radius 1 is 1.08 bits per heavy atom. The SMILES string of the molecule is COC(=O)C1CC=C(C(C)(C)CC/C=C(\C)C(C)(C)C)CC1C(=O)OC. The number of rotatable bonds is 6. The summed E-state index contributed by atoms with van der Waals surface area (Å²) >= 11 is 0. The van der Waals surface area contributed by atoms with Gasteiger partial charge in [-0.3, -0.25) is 9.59 Å². The Balaban J connectivity index is 2.90. The largest absolute Gasteiger partial charge is 0.469 e. The minimum Gasteiger partial charge on any atom is -0.469 e. The lowest BCUT2D eigenvalue weighted by Gasteiger charge is -2.35. The van der Waals surface area contributed by atoms with Gasteiger partial charge in [-0.1, -0.05) is 57.9 Å². The maximum Gasteiger partial charge on any atom is 0.309 e. The molecule has 0 aromatic carbocycles. The maximum atomic E-state index is 12.2. The van der Waals surface area contributed by atoms with E-state index in [2.05, 4.69) is 53.7 Å². The zero-order valence-electron chi connectivity index (χ0n) is 17.8. The van der Waals surface area contributed by atoms with Crippen molar-refractivity contribution in [3.8, 4) is 0 Å². The van der Waals surface area contributed by atoms with Crippen LogP contribution in [0, 0.1) is 22.7 Å². The molecule has 1 aliphatic rings. The second-order valence-electron chi connectivity index (χ2n) is 8.99. The third kappa shape index (κ3) is 5.72. The van der Waals surface area contributed by atoms with Crippen molar-refractivity contribution in [2.24, 2.45) is 22.7 Å².